The van der Waals surface area contributed by atoms with Crippen molar-refractivity contribution in [1.29, 1.82) is 0 Å². The highest BCUT2D eigenvalue weighted by atomic mass is 16.5. The minimum absolute atomic E-state index is 0.0749. The summed E-state index contributed by atoms with van der Waals surface area (Å²) < 4.78 is 5.32. The number of carbonyl (C=O) groups excluding carboxylic acids is 1. The SMILES string of the molecule is CCOc1ccc(C(=O)CC(N)C(C)C)cc1. The van der Waals surface area contributed by atoms with Gasteiger partial charge < -0.3 is 10.5 Å². The van der Waals surface area contributed by atoms with Crippen LogP contribution in [0.4, 0.5) is 0 Å². The van der Waals surface area contributed by atoms with E-state index in [2.05, 4.69) is 0 Å². The van der Waals surface area contributed by atoms with Crippen molar-refractivity contribution in [2.45, 2.75) is 33.2 Å². The largest absolute Gasteiger partial charge is 0.494 e. The maximum Gasteiger partial charge on any atom is 0.164 e. The summed E-state index contributed by atoms with van der Waals surface area (Å²) in [6, 6.07) is 7.14. The molecule has 0 saturated carbocycles. The van der Waals surface area contributed by atoms with E-state index in [9.17, 15) is 4.79 Å². The summed E-state index contributed by atoms with van der Waals surface area (Å²) in [5, 5.41) is 0. The van der Waals surface area contributed by atoms with Crippen LogP contribution in [0.25, 0.3) is 0 Å². The fraction of sp³-hybridized carbons (Fsp3) is 0.500. The molecule has 0 fully saturated rings. The predicted molar refractivity (Wildman–Crippen MR) is 69.4 cm³/mol. The molecule has 1 aromatic carbocycles. The number of hydrogen-bond acceptors (Lipinski definition) is 3. The fourth-order valence-electron chi connectivity index (χ4n) is 1.47. The minimum Gasteiger partial charge on any atom is -0.494 e. The zero-order valence-corrected chi connectivity index (χ0v) is 10.8. The highest BCUT2D eigenvalue weighted by Crippen LogP contribution is 2.15. The van der Waals surface area contributed by atoms with Gasteiger partial charge in [0.25, 0.3) is 0 Å². The van der Waals surface area contributed by atoms with E-state index in [1.54, 1.807) is 12.1 Å². The zero-order chi connectivity index (χ0) is 12.8. The Morgan fingerprint density at radius 2 is 1.88 bits per heavy atom. The van der Waals surface area contributed by atoms with E-state index < -0.39 is 0 Å². The van der Waals surface area contributed by atoms with Gasteiger partial charge in [-0.2, -0.15) is 0 Å². The van der Waals surface area contributed by atoms with Crippen molar-refractivity contribution in [1.82, 2.24) is 0 Å². The van der Waals surface area contributed by atoms with Gasteiger partial charge in [0.15, 0.2) is 5.78 Å². The van der Waals surface area contributed by atoms with Crippen molar-refractivity contribution in [3.63, 3.8) is 0 Å². The van der Waals surface area contributed by atoms with E-state index in [-0.39, 0.29) is 11.8 Å². The quantitative estimate of drug-likeness (QED) is 0.771. The molecule has 3 nitrogen and oxygen atoms in total. The van der Waals surface area contributed by atoms with Gasteiger partial charge in [0.1, 0.15) is 5.75 Å². The second kappa shape index (κ2) is 6.40. The first-order valence-electron chi connectivity index (χ1n) is 6.06. The van der Waals surface area contributed by atoms with E-state index in [1.165, 1.54) is 0 Å². The summed E-state index contributed by atoms with van der Waals surface area (Å²) >= 11 is 0. The van der Waals surface area contributed by atoms with Crippen molar-refractivity contribution in [3.05, 3.63) is 29.8 Å². The van der Waals surface area contributed by atoms with Crippen molar-refractivity contribution >= 4 is 5.78 Å². The molecule has 0 heterocycles. The van der Waals surface area contributed by atoms with E-state index in [0.29, 0.717) is 24.5 Å². The van der Waals surface area contributed by atoms with Crippen molar-refractivity contribution in [2.75, 3.05) is 6.61 Å². The fourth-order valence-corrected chi connectivity index (χ4v) is 1.47. The first kappa shape index (κ1) is 13.7. The van der Waals surface area contributed by atoms with Crippen LogP contribution in [0.2, 0.25) is 0 Å². The summed E-state index contributed by atoms with van der Waals surface area (Å²) in [7, 11) is 0. The third kappa shape index (κ3) is 4.19. The summed E-state index contributed by atoms with van der Waals surface area (Å²) in [5.74, 6) is 1.20. The lowest BCUT2D eigenvalue weighted by molar-refractivity contribution is 0.0967. The molecule has 1 unspecified atom stereocenters. The number of rotatable bonds is 6. The summed E-state index contributed by atoms with van der Waals surface area (Å²) in [4.78, 5) is 11.9. The van der Waals surface area contributed by atoms with E-state index >= 15 is 0 Å². The number of benzene rings is 1. The Morgan fingerprint density at radius 1 is 1.29 bits per heavy atom. The van der Waals surface area contributed by atoms with Crippen molar-refractivity contribution < 1.29 is 9.53 Å². The third-order valence-corrected chi connectivity index (χ3v) is 2.76. The summed E-state index contributed by atoms with van der Waals surface area (Å²) in [6.07, 6.45) is 0.394. The normalized spacial score (nSPS) is 12.5. The van der Waals surface area contributed by atoms with Gasteiger partial charge >= 0.3 is 0 Å². The van der Waals surface area contributed by atoms with Gasteiger partial charge in [-0.25, -0.2) is 0 Å². The molecular weight excluding hydrogens is 214 g/mol. The molecule has 0 aliphatic rings. The highest BCUT2D eigenvalue weighted by molar-refractivity contribution is 5.96. The molecule has 0 amide bonds. The van der Waals surface area contributed by atoms with Crippen LogP contribution >= 0.6 is 0 Å². The monoisotopic (exact) mass is 235 g/mol. The molecule has 0 aromatic heterocycles. The Balaban J connectivity index is 2.63. The van der Waals surface area contributed by atoms with Crippen LogP contribution in [0.15, 0.2) is 24.3 Å². The predicted octanol–water partition coefficient (Wildman–Crippen LogP) is 2.64. The van der Waals surface area contributed by atoms with Gasteiger partial charge in [-0.3, -0.25) is 4.79 Å². The average Bonchev–Trinajstić information content (AvgIpc) is 2.30. The Kier molecular flexibility index (Phi) is 5.16. The number of hydrogen-bond donors (Lipinski definition) is 1. The lowest BCUT2D eigenvalue weighted by atomic mass is 9.96. The smallest absolute Gasteiger partial charge is 0.164 e. The van der Waals surface area contributed by atoms with Crippen LogP contribution in [-0.2, 0) is 0 Å². The molecule has 1 rings (SSSR count). The maximum atomic E-state index is 11.9. The van der Waals surface area contributed by atoms with E-state index in [1.807, 2.05) is 32.9 Å². The van der Waals surface area contributed by atoms with Gasteiger partial charge in [0, 0.05) is 18.0 Å². The Bertz CT molecular complexity index is 357. The zero-order valence-electron chi connectivity index (χ0n) is 10.8. The second-order valence-electron chi connectivity index (χ2n) is 4.49. The number of ketones is 1. The van der Waals surface area contributed by atoms with Crippen LogP contribution in [-0.4, -0.2) is 18.4 Å². The number of carbonyl (C=O) groups is 1. The Labute approximate surface area is 103 Å². The van der Waals surface area contributed by atoms with Crippen LogP contribution in [0.3, 0.4) is 0 Å². The van der Waals surface area contributed by atoms with Crippen molar-refractivity contribution in [2.24, 2.45) is 11.7 Å². The van der Waals surface area contributed by atoms with Gasteiger partial charge in [0.05, 0.1) is 6.61 Å². The molecule has 0 spiro atoms. The number of Topliss-reactive ketones (excluding diaryl/α,β-unsaturated/α-hetero) is 1. The molecule has 0 aliphatic heterocycles. The Hall–Kier alpha value is -1.35. The molecule has 3 heteroatoms. The van der Waals surface area contributed by atoms with Gasteiger partial charge in [-0.15, -0.1) is 0 Å². The first-order valence-corrected chi connectivity index (χ1v) is 6.06. The minimum atomic E-state index is -0.0749. The average molecular weight is 235 g/mol. The molecule has 17 heavy (non-hydrogen) atoms. The molecule has 0 aliphatic carbocycles. The molecule has 1 aromatic rings. The van der Waals surface area contributed by atoms with E-state index in [0.717, 1.165) is 5.75 Å². The molecule has 0 saturated heterocycles. The maximum absolute atomic E-state index is 11.9. The van der Waals surface area contributed by atoms with Gasteiger partial charge in [-0.05, 0) is 37.1 Å². The van der Waals surface area contributed by atoms with E-state index in [4.69, 9.17) is 10.5 Å². The lowest BCUT2D eigenvalue weighted by Crippen LogP contribution is -2.29. The Morgan fingerprint density at radius 3 is 2.35 bits per heavy atom. The van der Waals surface area contributed by atoms with Crippen LogP contribution in [0, 0.1) is 5.92 Å². The van der Waals surface area contributed by atoms with Crippen LogP contribution in [0.5, 0.6) is 5.75 Å². The van der Waals surface area contributed by atoms with Crippen LogP contribution in [0.1, 0.15) is 37.6 Å². The lowest BCUT2D eigenvalue weighted by Gasteiger charge is -2.14. The molecule has 0 radical (unpaired) electrons. The van der Waals surface area contributed by atoms with Crippen LogP contribution < -0.4 is 10.5 Å². The standard InChI is InChI=1S/C14H21NO2/c1-4-17-12-7-5-11(6-8-12)14(16)9-13(15)10(2)3/h5-8,10,13H,4,9,15H2,1-3H3. The first-order chi connectivity index (χ1) is 8.04. The molecule has 94 valence electrons. The van der Waals surface area contributed by atoms with Gasteiger partial charge in [-0.1, -0.05) is 13.8 Å². The van der Waals surface area contributed by atoms with Gasteiger partial charge in [0.2, 0.25) is 0 Å². The van der Waals surface area contributed by atoms with Crippen molar-refractivity contribution in [3.8, 4) is 5.75 Å². The number of ether oxygens (including phenoxy) is 1. The summed E-state index contributed by atoms with van der Waals surface area (Å²) in [6.45, 7) is 6.61. The molecule has 0 bridgehead atoms. The topological polar surface area (TPSA) is 52.3 Å². The second-order valence-corrected chi connectivity index (χ2v) is 4.49. The third-order valence-electron chi connectivity index (χ3n) is 2.76. The summed E-state index contributed by atoms with van der Waals surface area (Å²) in [5.41, 5.74) is 6.59. The molecule has 2 N–H and O–H groups in total. The number of nitrogens with two attached hydrogens (primary N) is 1. The molecule has 1 atom stereocenters. The molecular formula is C14H21NO2. The highest BCUT2D eigenvalue weighted by Gasteiger charge is 2.14.